The zero-order chi connectivity index (χ0) is 20.7. The van der Waals surface area contributed by atoms with Crippen molar-refractivity contribution in [2.75, 3.05) is 10.6 Å². The molecule has 0 saturated carbocycles. The number of nitrogens with one attached hydrogen (secondary N) is 2. The molecule has 7 heteroatoms. The largest absolute Gasteiger partial charge is 0.321 e. The van der Waals surface area contributed by atoms with Gasteiger partial charge in [0, 0.05) is 23.6 Å². The molecule has 0 bridgehead atoms. The van der Waals surface area contributed by atoms with Gasteiger partial charge in [-0.25, -0.2) is 8.78 Å². The topological polar surface area (TPSA) is 58.2 Å². The lowest BCUT2D eigenvalue weighted by Crippen LogP contribution is -2.24. The summed E-state index contributed by atoms with van der Waals surface area (Å²) in [6.07, 6.45) is -0.0821. The molecule has 1 aromatic heterocycles. The van der Waals surface area contributed by atoms with E-state index < -0.39 is 17.6 Å². The third kappa shape index (κ3) is 3.42. The van der Waals surface area contributed by atoms with Crippen LogP contribution >= 0.6 is 11.3 Å². The van der Waals surface area contributed by atoms with Crippen LogP contribution < -0.4 is 10.6 Å². The first-order valence-corrected chi connectivity index (χ1v) is 9.92. The Labute approximate surface area is 170 Å². The average molecular weight is 412 g/mol. The van der Waals surface area contributed by atoms with E-state index in [2.05, 4.69) is 10.6 Å². The number of anilines is 2. The van der Waals surface area contributed by atoms with Gasteiger partial charge >= 0.3 is 0 Å². The van der Waals surface area contributed by atoms with E-state index in [0.717, 1.165) is 16.9 Å². The van der Waals surface area contributed by atoms with Gasteiger partial charge in [0.1, 0.15) is 11.6 Å². The molecule has 0 radical (unpaired) electrons. The maximum atomic E-state index is 14.4. The zero-order valence-corrected chi connectivity index (χ0v) is 16.6. The highest BCUT2D eigenvalue weighted by molar-refractivity contribution is 7.18. The number of para-hydroxylation sites is 1. The fourth-order valence-corrected chi connectivity index (χ4v) is 4.88. The summed E-state index contributed by atoms with van der Waals surface area (Å²) in [6.45, 7) is 3.63. The lowest BCUT2D eigenvalue weighted by Gasteiger charge is -2.24. The van der Waals surface area contributed by atoms with E-state index in [4.69, 9.17) is 0 Å². The number of hydrogen-bond acceptors (Lipinski definition) is 3. The minimum Gasteiger partial charge on any atom is -0.321 e. The number of halogens is 2. The van der Waals surface area contributed by atoms with Crippen molar-refractivity contribution in [1.82, 2.24) is 0 Å². The van der Waals surface area contributed by atoms with Crippen molar-refractivity contribution in [3.63, 3.8) is 0 Å². The van der Waals surface area contributed by atoms with Crippen molar-refractivity contribution in [2.24, 2.45) is 0 Å². The molecule has 3 aromatic rings. The molecule has 2 aromatic carbocycles. The molecule has 0 aliphatic carbocycles. The first-order valence-electron chi connectivity index (χ1n) is 9.10. The standard InChI is InChI=1S/C22H18F2N2O2S/c1-11-6-3-4-9-16(11)25-21(28)20-12(2)18-13(10-17(27)26-22(18)29-20)19-14(23)7-5-8-15(19)24/h3-9,13H,10H2,1-2H3,(H,25,28)(H,26,27). The first kappa shape index (κ1) is 19.3. The number of carbonyl (C=O) groups is 2. The SMILES string of the molecule is Cc1ccccc1NC(=O)c1sc2c(c1C)C(c1c(F)cccc1F)CC(=O)N2. The van der Waals surface area contributed by atoms with E-state index >= 15 is 0 Å². The molecular formula is C22H18F2N2O2S. The Hall–Kier alpha value is -3.06. The molecule has 4 rings (SSSR count). The summed E-state index contributed by atoms with van der Waals surface area (Å²) in [7, 11) is 0. The number of aryl methyl sites for hydroxylation is 1. The molecule has 4 nitrogen and oxygen atoms in total. The van der Waals surface area contributed by atoms with Gasteiger partial charge < -0.3 is 10.6 Å². The number of rotatable bonds is 3. The molecule has 0 fully saturated rings. The van der Waals surface area contributed by atoms with Gasteiger partial charge in [-0.15, -0.1) is 11.3 Å². The fourth-order valence-electron chi connectivity index (χ4n) is 3.70. The maximum absolute atomic E-state index is 14.4. The summed E-state index contributed by atoms with van der Waals surface area (Å²) >= 11 is 1.12. The van der Waals surface area contributed by atoms with E-state index in [1.54, 1.807) is 13.0 Å². The third-order valence-corrected chi connectivity index (χ3v) is 6.35. The van der Waals surface area contributed by atoms with E-state index in [0.29, 0.717) is 26.7 Å². The van der Waals surface area contributed by atoms with Crippen LogP contribution in [-0.2, 0) is 4.79 Å². The van der Waals surface area contributed by atoms with Gasteiger partial charge in [-0.2, -0.15) is 0 Å². The molecule has 1 unspecified atom stereocenters. The number of fused-ring (bicyclic) bond motifs is 1. The fraction of sp³-hybridized carbons (Fsp3) is 0.182. The van der Waals surface area contributed by atoms with Crippen LogP contribution in [0.25, 0.3) is 0 Å². The molecule has 2 amide bonds. The van der Waals surface area contributed by atoms with Crippen molar-refractivity contribution in [1.29, 1.82) is 0 Å². The highest BCUT2D eigenvalue weighted by Gasteiger charge is 2.35. The van der Waals surface area contributed by atoms with E-state index in [1.165, 1.54) is 18.2 Å². The third-order valence-electron chi connectivity index (χ3n) is 5.13. The minimum absolute atomic E-state index is 0.0821. The second kappa shape index (κ2) is 7.40. The number of hydrogen-bond donors (Lipinski definition) is 2. The predicted octanol–water partition coefficient (Wildman–Crippen LogP) is 5.37. The Morgan fingerprint density at radius 1 is 1.07 bits per heavy atom. The smallest absolute Gasteiger partial charge is 0.266 e. The molecule has 1 aliphatic heterocycles. The van der Waals surface area contributed by atoms with Crippen LogP contribution in [0.4, 0.5) is 19.5 Å². The summed E-state index contributed by atoms with van der Waals surface area (Å²) in [6, 6.07) is 11.0. The van der Waals surface area contributed by atoms with E-state index in [-0.39, 0.29) is 23.8 Å². The summed E-state index contributed by atoms with van der Waals surface area (Å²) in [4.78, 5) is 25.5. The quantitative estimate of drug-likeness (QED) is 0.608. The lowest BCUT2D eigenvalue weighted by atomic mass is 9.84. The highest BCUT2D eigenvalue weighted by Crippen LogP contribution is 2.46. The normalized spacial score (nSPS) is 15.6. The number of amides is 2. The zero-order valence-electron chi connectivity index (χ0n) is 15.8. The van der Waals surface area contributed by atoms with Gasteiger partial charge in [0.2, 0.25) is 5.91 Å². The Bertz CT molecular complexity index is 1120. The van der Waals surface area contributed by atoms with Crippen LogP contribution in [0.3, 0.4) is 0 Å². The first-order chi connectivity index (χ1) is 13.9. The Morgan fingerprint density at radius 3 is 2.45 bits per heavy atom. The van der Waals surface area contributed by atoms with E-state index in [1.807, 2.05) is 25.1 Å². The van der Waals surface area contributed by atoms with E-state index in [9.17, 15) is 18.4 Å². The van der Waals surface area contributed by atoms with Gasteiger partial charge in [-0.1, -0.05) is 24.3 Å². The number of benzene rings is 2. The van der Waals surface area contributed by atoms with Crippen molar-refractivity contribution < 1.29 is 18.4 Å². The van der Waals surface area contributed by atoms with Gasteiger partial charge in [0.15, 0.2) is 0 Å². The van der Waals surface area contributed by atoms with Gasteiger partial charge in [0.25, 0.3) is 5.91 Å². The maximum Gasteiger partial charge on any atom is 0.266 e. The Kier molecular flexibility index (Phi) is 4.92. The summed E-state index contributed by atoms with van der Waals surface area (Å²) in [5, 5.41) is 6.08. The Balaban J connectivity index is 1.77. The predicted molar refractivity (Wildman–Crippen MR) is 110 cm³/mol. The monoisotopic (exact) mass is 412 g/mol. The molecule has 1 atom stereocenters. The van der Waals surface area contributed by atoms with Crippen LogP contribution in [-0.4, -0.2) is 11.8 Å². The summed E-state index contributed by atoms with van der Waals surface area (Å²) in [5.74, 6) is -2.84. The highest BCUT2D eigenvalue weighted by atomic mass is 32.1. The van der Waals surface area contributed by atoms with Crippen LogP contribution in [0.15, 0.2) is 42.5 Å². The minimum atomic E-state index is -0.781. The molecule has 2 N–H and O–H groups in total. The second-order valence-corrected chi connectivity index (χ2v) is 8.03. The Morgan fingerprint density at radius 2 is 1.76 bits per heavy atom. The molecule has 2 heterocycles. The molecular weight excluding hydrogens is 394 g/mol. The summed E-state index contributed by atoms with van der Waals surface area (Å²) < 4.78 is 28.9. The van der Waals surface area contributed by atoms with Crippen molar-refractivity contribution in [3.05, 3.63) is 81.2 Å². The van der Waals surface area contributed by atoms with Gasteiger partial charge in [0.05, 0.1) is 9.88 Å². The van der Waals surface area contributed by atoms with Crippen LogP contribution in [0, 0.1) is 25.5 Å². The average Bonchev–Trinajstić information content (AvgIpc) is 3.00. The molecule has 1 aliphatic rings. The summed E-state index contributed by atoms with van der Waals surface area (Å²) in [5.41, 5.74) is 2.66. The van der Waals surface area contributed by atoms with Crippen molar-refractivity contribution in [3.8, 4) is 0 Å². The molecule has 148 valence electrons. The van der Waals surface area contributed by atoms with Crippen LogP contribution in [0.1, 0.15) is 44.3 Å². The second-order valence-electron chi connectivity index (χ2n) is 7.01. The lowest BCUT2D eigenvalue weighted by molar-refractivity contribution is -0.116. The molecule has 29 heavy (non-hydrogen) atoms. The van der Waals surface area contributed by atoms with Crippen LogP contribution in [0.5, 0.6) is 0 Å². The van der Waals surface area contributed by atoms with Gasteiger partial charge in [-0.05, 0) is 48.7 Å². The van der Waals surface area contributed by atoms with Gasteiger partial charge in [-0.3, -0.25) is 9.59 Å². The molecule has 0 saturated heterocycles. The number of carbonyl (C=O) groups excluding carboxylic acids is 2. The van der Waals surface area contributed by atoms with Crippen molar-refractivity contribution in [2.45, 2.75) is 26.2 Å². The van der Waals surface area contributed by atoms with Crippen molar-refractivity contribution >= 4 is 33.8 Å². The van der Waals surface area contributed by atoms with Crippen LogP contribution in [0.2, 0.25) is 0 Å². The molecule has 0 spiro atoms. The number of thiophene rings is 1.